The molecule has 2 aromatic carbocycles. The quantitative estimate of drug-likeness (QED) is 0.626. The van der Waals surface area contributed by atoms with Gasteiger partial charge in [-0.05, 0) is 45.9 Å². The normalized spacial score (nSPS) is 19.4. The van der Waals surface area contributed by atoms with Gasteiger partial charge in [-0.25, -0.2) is 0 Å². The number of rotatable bonds is 4. The van der Waals surface area contributed by atoms with Crippen LogP contribution >= 0.6 is 0 Å². The largest absolute Gasteiger partial charge is 0.461 e. The minimum atomic E-state index is -0.344. The lowest BCUT2D eigenvalue weighted by Crippen LogP contribution is -2.59. The smallest absolute Gasteiger partial charge is 0.325 e. The molecule has 0 saturated carbocycles. The van der Waals surface area contributed by atoms with E-state index < -0.39 is 0 Å². The van der Waals surface area contributed by atoms with Crippen molar-refractivity contribution < 1.29 is 19.1 Å². The number of fused-ring (bicyclic) bond motifs is 2. The van der Waals surface area contributed by atoms with Crippen LogP contribution in [0.15, 0.2) is 42.5 Å². The monoisotopic (exact) mass is 420 g/mol. The van der Waals surface area contributed by atoms with Crippen LogP contribution in [0.3, 0.4) is 0 Å². The van der Waals surface area contributed by atoms with E-state index in [1.54, 1.807) is 42.5 Å². The lowest BCUT2D eigenvalue weighted by molar-refractivity contribution is -0.150. The van der Waals surface area contributed by atoms with Crippen molar-refractivity contribution in [3.63, 3.8) is 0 Å². The Balaban J connectivity index is 1.43. The van der Waals surface area contributed by atoms with Gasteiger partial charge < -0.3 is 15.4 Å². The zero-order valence-corrected chi connectivity index (χ0v) is 18.4. The molecular formula is C25H28N2O4. The summed E-state index contributed by atoms with van der Waals surface area (Å²) < 4.78 is 5.72. The van der Waals surface area contributed by atoms with Gasteiger partial charge in [0.1, 0.15) is 12.6 Å². The number of nitrogens with one attached hydrogen (secondary N) is 2. The molecule has 4 rings (SSSR count). The number of hydrogen-bond donors (Lipinski definition) is 2. The molecule has 31 heavy (non-hydrogen) atoms. The molecule has 2 N–H and O–H groups in total. The van der Waals surface area contributed by atoms with E-state index in [-0.39, 0.29) is 41.3 Å². The van der Waals surface area contributed by atoms with E-state index in [2.05, 4.69) is 38.3 Å². The molecule has 1 fully saturated rings. The Morgan fingerprint density at radius 2 is 1.48 bits per heavy atom. The van der Waals surface area contributed by atoms with Crippen LogP contribution in [0, 0.1) is 0 Å². The first-order valence-corrected chi connectivity index (χ1v) is 10.6. The third kappa shape index (κ3) is 4.39. The maximum atomic E-state index is 12.9. The fraction of sp³-hybridized carbons (Fsp3) is 0.400. The highest BCUT2D eigenvalue weighted by Crippen LogP contribution is 2.31. The van der Waals surface area contributed by atoms with Crippen LogP contribution in [-0.2, 0) is 9.53 Å². The van der Waals surface area contributed by atoms with E-state index in [1.165, 1.54) is 0 Å². The Labute approximate surface area is 182 Å². The SMILES string of the molecule is CC1(C)CC(OC(=O)CNc2ccc3c(c2)C(=O)c2ccccc2C3=O)CC(C)(C)N1. The second-order valence-corrected chi connectivity index (χ2v) is 9.73. The molecule has 2 aromatic rings. The summed E-state index contributed by atoms with van der Waals surface area (Å²) in [5, 5.41) is 6.60. The summed E-state index contributed by atoms with van der Waals surface area (Å²) in [6.07, 6.45) is 1.34. The van der Waals surface area contributed by atoms with Crippen molar-refractivity contribution in [3.05, 3.63) is 64.7 Å². The molecule has 0 spiro atoms. The van der Waals surface area contributed by atoms with Crippen molar-refractivity contribution in [3.8, 4) is 0 Å². The first-order chi connectivity index (χ1) is 14.5. The lowest BCUT2D eigenvalue weighted by Gasteiger charge is -2.45. The Morgan fingerprint density at radius 3 is 2.10 bits per heavy atom. The molecule has 0 amide bonds. The Bertz CT molecular complexity index is 1050. The van der Waals surface area contributed by atoms with Gasteiger partial charge in [-0.3, -0.25) is 14.4 Å². The van der Waals surface area contributed by atoms with Crippen molar-refractivity contribution in [2.24, 2.45) is 0 Å². The number of benzene rings is 2. The van der Waals surface area contributed by atoms with Crippen LogP contribution in [0.25, 0.3) is 0 Å². The first kappa shape index (κ1) is 21.2. The zero-order chi connectivity index (χ0) is 22.4. The van der Waals surface area contributed by atoms with Gasteiger partial charge in [-0.1, -0.05) is 24.3 Å². The van der Waals surface area contributed by atoms with E-state index in [0.29, 0.717) is 27.9 Å². The molecule has 1 saturated heterocycles. The van der Waals surface area contributed by atoms with Gasteiger partial charge in [0.2, 0.25) is 0 Å². The van der Waals surface area contributed by atoms with Crippen LogP contribution in [0.2, 0.25) is 0 Å². The summed E-state index contributed by atoms with van der Waals surface area (Å²) in [5.74, 6) is -0.688. The van der Waals surface area contributed by atoms with Gasteiger partial charge in [-0.2, -0.15) is 0 Å². The maximum absolute atomic E-state index is 12.9. The second kappa shape index (κ2) is 7.61. The summed E-state index contributed by atoms with van der Waals surface area (Å²) in [6, 6.07) is 11.8. The summed E-state index contributed by atoms with van der Waals surface area (Å²) >= 11 is 0. The summed E-state index contributed by atoms with van der Waals surface area (Å²) in [7, 11) is 0. The molecular weight excluding hydrogens is 392 g/mol. The first-order valence-electron chi connectivity index (χ1n) is 10.6. The molecule has 2 aliphatic rings. The molecule has 6 heteroatoms. The summed E-state index contributed by atoms with van der Waals surface area (Å²) in [5.41, 5.74) is 1.95. The highest BCUT2D eigenvalue weighted by molar-refractivity contribution is 6.28. The van der Waals surface area contributed by atoms with E-state index in [4.69, 9.17) is 4.74 Å². The van der Waals surface area contributed by atoms with Gasteiger partial charge in [0.15, 0.2) is 11.6 Å². The molecule has 1 heterocycles. The molecule has 1 aliphatic heterocycles. The predicted octanol–water partition coefficient (Wildman–Crippen LogP) is 3.73. The molecule has 0 atom stereocenters. The van der Waals surface area contributed by atoms with Gasteiger partial charge in [-0.15, -0.1) is 0 Å². The Morgan fingerprint density at radius 1 is 0.935 bits per heavy atom. The highest BCUT2D eigenvalue weighted by Gasteiger charge is 2.39. The number of anilines is 1. The minimum Gasteiger partial charge on any atom is -0.461 e. The third-order valence-electron chi connectivity index (χ3n) is 5.81. The van der Waals surface area contributed by atoms with Gasteiger partial charge in [0.05, 0.1) is 0 Å². The van der Waals surface area contributed by atoms with E-state index in [0.717, 1.165) is 12.8 Å². The molecule has 162 valence electrons. The van der Waals surface area contributed by atoms with Crippen molar-refractivity contribution in [2.75, 3.05) is 11.9 Å². The highest BCUT2D eigenvalue weighted by atomic mass is 16.5. The molecule has 0 aromatic heterocycles. The van der Waals surface area contributed by atoms with Crippen molar-refractivity contribution in [1.29, 1.82) is 0 Å². The fourth-order valence-corrected chi connectivity index (χ4v) is 4.92. The molecule has 0 bridgehead atoms. The average molecular weight is 421 g/mol. The fourth-order valence-electron chi connectivity index (χ4n) is 4.92. The maximum Gasteiger partial charge on any atom is 0.325 e. The predicted molar refractivity (Wildman–Crippen MR) is 119 cm³/mol. The number of ether oxygens (including phenoxy) is 1. The number of ketones is 2. The van der Waals surface area contributed by atoms with Crippen LogP contribution in [-0.4, -0.2) is 41.3 Å². The Hall–Kier alpha value is -2.99. The topological polar surface area (TPSA) is 84.5 Å². The molecule has 0 radical (unpaired) electrons. The molecule has 6 nitrogen and oxygen atoms in total. The number of esters is 1. The van der Waals surface area contributed by atoms with Gasteiger partial charge in [0.25, 0.3) is 0 Å². The average Bonchev–Trinajstić information content (AvgIpc) is 2.68. The number of carbonyl (C=O) groups excluding carboxylic acids is 3. The number of carbonyl (C=O) groups is 3. The minimum absolute atomic E-state index is 0.0116. The van der Waals surface area contributed by atoms with E-state index >= 15 is 0 Å². The second-order valence-electron chi connectivity index (χ2n) is 9.73. The van der Waals surface area contributed by atoms with Crippen LogP contribution in [0.4, 0.5) is 5.69 Å². The standard InChI is InChI=1S/C25H28N2O4/c1-24(2)12-16(13-25(3,4)27-24)31-21(28)14-26-15-9-10-19-20(11-15)23(30)18-8-6-5-7-17(18)22(19)29/h5-11,16,26-27H,12-14H2,1-4H3. The molecule has 1 aliphatic carbocycles. The summed E-state index contributed by atoms with van der Waals surface area (Å²) in [6.45, 7) is 8.42. The van der Waals surface area contributed by atoms with Gasteiger partial charge in [0, 0.05) is 51.9 Å². The zero-order valence-electron chi connectivity index (χ0n) is 18.4. The van der Waals surface area contributed by atoms with E-state index in [1.807, 2.05) is 0 Å². The number of piperidine rings is 1. The summed E-state index contributed by atoms with van der Waals surface area (Å²) in [4.78, 5) is 38.0. The van der Waals surface area contributed by atoms with Crippen LogP contribution in [0.5, 0.6) is 0 Å². The van der Waals surface area contributed by atoms with Crippen molar-refractivity contribution in [1.82, 2.24) is 5.32 Å². The Kier molecular flexibility index (Phi) is 5.21. The third-order valence-corrected chi connectivity index (χ3v) is 5.81. The van der Waals surface area contributed by atoms with Gasteiger partial charge >= 0.3 is 5.97 Å². The lowest BCUT2D eigenvalue weighted by atomic mass is 9.81. The van der Waals surface area contributed by atoms with Crippen LogP contribution < -0.4 is 10.6 Å². The number of hydrogen-bond acceptors (Lipinski definition) is 6. The molecule has 0 unspecified atom stereocenters. The van der Waals surface area contributed by atoms with Crippen molar-refractivity contribution >= 4 is 23.2 Å². The van der Waals surface area contributed by atoms with Crippen molar-refractivity contribution in [2.45, 2.75) is 57.7 Å². The van der Waals surface area contributed by atoms with Crippen LogP contribution in [0.1, 0.15) is 72.4 Å². The van der Waals surface area contributed by atoms with E-state index in [9.17, 15) is 14.4 Å².